The molecule has 8 nitrogen and oxygen atoms in total. The Kier molecular flexibility index (Phi) is 8.83. The highest BCUT2D eigenvalue weighted by Gasteiger charge is 2.68. The molecule has 0 bridgehead atoms. The van der Waals surface area contributed by atoms with Gasteiger partial charge in [0.1, 0.15) is 6.04 Å². The van der Waals surface area contributed by atoms with Crippen LogP contribution in [0.2, 0.25) is 0 Å². The number of allylic oxidation sites excluding steroid dienone is 3. The van der Waals surface area contributed by atoms with E-state index >= 15 is 0 Å². The number of carbonyl (C=O) groups excluding carboxylic acids is 2. The van der Waals surface area contributed by atoms with Gasteiger partial charge in [0.25, 0.3) is 5.91 Å². The molecule has 0 spiro atoms. The molecule has 1 amide bonds. The first-order valence-electron chi connectivity index (χ1n) is 21.9. The Labute approximate surface area is 339 Å². The molecule has 8 heteroatoms. The fourth-order valence-electron chi connectivity index (χ4n) is 14.0. The molecule has 4 aliphatic carbocycles. The lowest BCUT2D eigenvalue weighted by Gasteiger charge is -2.64. The van der Waals surface area contributed by atoms with Crippen LogP contribution >= 0.6 is 0 Å². The van der Waals surface area contributed by atoms with E-state index in [9.17, 15) is 19.8 Å². The van der Waals surface area contributed by atoms with Crippen molar-refractivity contribution in [3.63, 3.8) is 0 Å². The molecule has 7 aliphatic rings. The Hall–Kier alpha value is -3.30. The van der Waals surface area contributed by atoms with E-state index in [1.54, 1.807) is 0 Å². The van der Waals surface area contributed by atoms with Crippen molar-refractivity contribution in [1.29, 1.82) is 0 Å². The van der Waals surface area contributed by atoms with E-state index in [1.165, 1.54) is 24.1 Å². The van der Waals surface area contributed by atoms with Gasteiger partial charge >= 0.3 is 0 Å². The zero-order valence-electron chi connectivity index (χ0n) is 35.8. The van der Waals surface area contributed by atoms with Crippen molar-refractivity contribution in [3.8, 4) is 0 Å². The van der Waals surface area contributed by atoms with Gasteiger partial charge in [0.05, 0.1) is 34.5 Å². The van der Waals surface area contributed by atoms with Crippen LogP contribution in [0.5, 0.6) is 0 Å². The summed E-state index contributed by atoms with van der Waals surface area (Å²) in [6.45, 7) is 25.5. The largest absolute Gasteiger partial charge is 0.392 e. The molecular formula is C49H65N3O5. The Morgan fingerprint density at radius 3 is 2.39 bits per heavy atom. The summed E-state index contributed by atoms with van der Waals surface area (Å²) < 4.78 is 8.93. The van der Waals surface area contributed by atoms with Gasteiger partial charge in [-0.15, -0.1) is 0 Å². The minimum absolute atomic E-state index is 0.0388. The molecular weight excluding hydrogens is 711 g/mol. The van der Waals surface area contributed by atoms with Gasteiger partial charge in [0, 0.05) is 52.1 Å². The Balaban J connectivity index is 1.14. The minimum atomic E-state index is -0.854. The van der Waals surface area contributed by atoms with E-state index in [0.717, 1.165) is 84.8 Å². The summed E-state index contributed by atoms with van der Waals surface area (Å²) in [7, 11) is 0. The number of carbonyl (C=O) groups is 2. The summed E-state index contributed by atoms with van der Waals surface area (Å²) in [6, 6.07) is 1.79. The second-order valence-electron chi connectivity index (χ2n) is 20.9. The van der Waals surface area contributed by atoms with E-state index in [2.05, 4.69) is 88.3 Å². The van der Waals surface area contributed by atoms with Crippen molar-refractivity contribution in [3.05, 3.63) is 76.0 Å². The maximum absolute atomic E-state index is 15.0. The molecule has 9 unspecified atom stereocenters. The number of aliphatic hydroxyl groups excluding tert-OH is 2. The lowest BCUT2D eigenvalue weighted by atomic mass is 9.40. The first kappa shape index (κ1) is 39.2. The number of benzene rings is 1. The molecule has 2 saturated carbocycles. The highest BCUT2D eigenvalue weighted by Crippen LogP contribution is 2.71. The van der Waals surface area contributed by atoms with Crippen LogP contribution in [0.1, 0.15) is 159 Å². The fourth-order valence-corrected chi connectivity index (χ4v) is 14.0. The molecule has 9 atom stereocenters. The van der Waals surface area contributed by atoms with E-state index in [-0.39, 0.29) is 34.4 Å². The van der Waals surface area contributed by atoms with Gasteiger partial charge in [0.15, 0.2) is 5.78 Å². The number of aromatic nitrogens is 1. The number of ketones is 1. The van der Waals surface area contributed by atoms with Gasteiger partial charge in [0.2, 0.25) is 0 Å². The number of hydrazine groups is 1. The molecule has 2 aromatic rings. The molecule has 3 aliphatic heterocycles. The third kappa shape index (κ3) is 5.31. The first-order valence-corrected chi connectivity index (χ1v) is 21.9. The van der Waals surface area contributed by atoms with Crippen molar-refractivity contribution in [2.45, 2.75) is 155 Å². The molecule has 9 rings (SSSR count). The number of ether oxygens (including phenoxy) is 1. The number of nitrogens with one attached hydrogen (secondary N) is 1. The third-order valence-corrected chi connectivity index (χ3v) is 16.6. The van der Waals surface area contributed by atoms with Crippen LogP contribution in [0.25, 0.3) is 16.5 Å². The van der Waals surface area contributed by atoms with Crippen molar-refractivity contribution < 1.29 is 24.5 Å². The number of nitrogens with zero attached hydrogens (tertiary/aromatic N) is 2. The molecule has 3 fully saturated rings. The van der Waals surface area contributed by atoms with Gasteiger partial charge in [-0.1, -0.05) is 64.0 Å². The number of fused-ring (bicyclic) bond motifs is 11. The SMILES string of the molecule is C=C(C)C1C(=O)c2c3c(cc4c5c(n1c24)C1(C)C(CCC2C(C)(/C=C/C=C(\C)C(=O)NN4CCCCCC4)C(O)CCC21C)C5)C1=CC(C)(C)OC(C)(C)C1C3O. The van der Waals surface area contributed by atoms with Gasteiger partial charge in [-0.2, -0.15) is 0 Å². The maximum atomic E-state index is 15.0. The quantitative estimate of drug-likeness (QED) is 0.159. The molecule has 4 heterocycles. The topological polar surface area (TPSA) is 104 Å². The van der Waals surface area contributed by atoms with Crippen molar-refractivity contribution in [2.75, 3.05) is 13.1 Å². The zero-order valence-corrected chi connectivity index (χ0v) is 35.8. The molecule has 57 heavy (non-hydrogen) atoms. The number of amides is 1. The van der Waals surface area contributed by atoms with Gasteiger partial charge in [-0.05, 0) is 133 Å². The van der Waals surface area contributed by atoms with E-state index in [0.29, 0.717) is 23.5 Å². The van der Waals surface area contributed by atoms with Crippen molar-refractivity contribution >= 4 is 28.2 Å². The van der Waals surface area contributed by atoms with Crippen molar-refractivity contribution in [2.24, 2.45) is 28.6 Å². The normalized spacial score (nSPS) is 38.0. The maximum Gasteiger partial charge on any atom is 0.261 e. The predicted molar refractivity (Wildman–Crippen MR) is 226 cm³/mol. The Bertz CT molecular complexity index is 2200. The summed E-state index contributed by atoms with van der Waals surface area (Å²) in [6.07, 6.45) is 16.1. The zero-order chi connectivity index (χ0) is 40.8. The second kappa shape index (κ2) is 12.8. The fraction of sp³-hybridized carbons (Fsp3) is 0.633. The Morgan fingerprint density at radius 1 is 1.00 bits per heavy atom. The highest BCUT2D eigenvalue weighted by atomic mass is 16.5. The summed E-state index contributed by atoms with van der Waals surface area (Å²) in [5.41, 5.74) is 9.60. The van der Waals surface area contributed by atoms with Crippen LogP contribution in [0, 0.1) is 28.6 Å². The summed E-state index contributed by atoms with van der Waals surface area (Å²) in [4.78, 5) is 28.2. The van der Waals surface area contributed by atoms with E-state index in [4.69, 9.17) is 4.74 Å². The summed E-state index contributed by atoms with van der Waals surface area (Å²) >= 11 is 0. The van der Waals surface area contributed by atoms with Gasteiger partial charge in [-0.25, -0.2) is 5.01 Å². The average Bonchev–Trinajstić information content (AvgIpc) is 3.72. The third-order valence-electron chi connectivity index (χ3n) is 16.6. The summed E-state index contributed by atoms with van der Waals surface area (Å²) in [5, 5.41) is 27.4. The van der Waals surface area contributed by atoms with Crippen LogP contribution in [-0.2, 0) is 21.4 Å². The lowest BCUT2D eigenvalue weighted by Crippen LogP contribution is -2.62. The van der Waals surface area contributed by atoms with Crippen LogP contribution < -0.4 is 5.43 Å². The molecule has 1 aromatic carbocycles. The number of hydrogen-bond acceptors (Lipinski definition) is 6. The predicted octanol–water partition coefficient (Wildman–Crippen LogP) is 9.01. The minimum Gasteiger partial charge on any atom is -0.392 e. The van der Waals surface area contributed by atoms with Crippen LogP contribution in [0.15, 0.2) is 48.1 Å². The van der Waals surface area contributed by atoms with Gasteiger partial charge < -0.3 is 19.5 Å². The van der Waals surface area contributed by atoms with Crippen molar-refractivity contribution in [1.82, 2.24) is 15.0 Å². The monoisotopic (exact) mass is 775 g/mol. The van der Waals surface area contributed by atoms with Crippen LogP contribution in [0.3, 0.4) is 0 Å². The number of Topliss-reactive ketones (excluding diaryl/α,β-unsaturated/α-hetero) is 1. The van der Waals surface area contributed by atoms with E-state index < -0.39 is 34.9 Å². The molecule has 1 aromatic heterocycles. The van der Waals surface area contributed by atoms with Gasteiger partial charge in [-0.3, -0.25) is 15.0 Å². The lowest BCUT2D eigenvalue weighted by molar-refractivity contribution is -0.144. The second-order valence-corrected chi connectivity index (χ2v) is 20.9. The number of aliphatic hydroxyl groups is 2. The highest BCUT2D eigenvalue weighted by molar-refractivity contribution is 6.18. The molecule has 3 N–H and O–H groups in total. The van der Waals surface area contributed by atoms with Crippen LogP contribution in [0.4, 0.5) is 0 Å². The number of rotatable bonds is 5. The Morgan fingerprint density at radius 2 is 1.70 bits per heavy atom. The smallest absolute Gasteiger partial charge is 0.261 e. The molecule has 1 saturated heterocycles. The van der Waals surface area contributed by atoms with E-state index in [1.807, 2.05) is 26.0 Å². The standard InChI is InChI=1S/C49H65N3O5/c1-27(2)39-42(55)37-36-30(33-26-45(4,5)57-46(6,7)38(33)41(36)54)25-31-32-24-29-17-18-34-47(8,20-15-16-28(3)44(56)50-51-22-13-11-12-14-23-51)35(53)19-21-48(34,9)49(29,10)43(32)52(39)40(31)37/h15-16,20,25-26,29,34-35,38-39,41,53-54H,1,11-14,17-19,21-24H2,2-10H3,(H,50,56)/b20-15+,28-16+. The number of hydrogen-bond donors (Lipinski definition) is 3. The summed E-state index contributed by atoms with van der Waals surface area (Å²) in [5.74, 6) is 0.264. The van der Waals surface area contributed by atoms with Crippen LogP contribution in [-0.4, -0.2) is 61.9 Å². The average molecular weight is 776 g/mol. The molecule has 0 radical (unpaired) electrons. The molecule has 306 valence electrons. The first-order chi connectivity index (χ1) is 26.8.